The summed E-state index contributed by atoms with van der Waals surface area (Å²) in [6.45, 7) is 0.888. The molecule has 10 N–H and O–H groups in total. The second kappa shape index (κ2) is 8.12. The zero-order valence-corrected chi connectivity index (χ0v) is 16.6. The Labute approximate surface area is 170 Å². The van der Waals surface area contributed by atoms with Gasteiger partial charge in [0.15, 0.2) is 0 Å². The van der Waals surface area contributed by atoms with E-state index in [0.717, 1.165) is 4.67 Å². The molecule has 1 aromatic rings. The van der Waals surface area contributed by atoms with Crippen molar-refractivity contribution >= 4 is 7.67 Å². The van der Waals surface area contributed by atoms with E-state index in [9.17, 15) is 55.6 Å². The molecule has 0 amide bonds. The van der Waals surface area contributed by atoms with Crippen LogP contribution in [0.15, 0.2) is 30.3 Å². The first kappa shape index (κ1) is 25.2. The molecule has 0 aromatic heterocycles. The Morgan fingerprint density at radius 2 is 1.40 bits per heavy atom. The maximum Gasteiger partial charge on any atom is 0.355 e. The van der Waals surface area contributed by atoms with Crippen molar-refractivity contribution in [1.29, 1.82) is 0 Å². The molecule has 15 heteroatoms. The first-order chi connectivity index (χ1) is 13.5. The van der Waals surface area contributed by atoms with Crippen molar-refractivity contribution in [2.24, 2.45) is 0 Å². The lowest BCUT2D eigenvalue weighted by Gasteiger charge is -2.52. The summed E-state index contributed by atoms with van der Waals surface area (Å²) < 4.78 is 18.7. The topological polar surface area (TPSA) is 235 Å². The fourth-order valence-electron chi connectivity index (χ4n) is 2.95. The molecule has 0 saturated carbocycles. The van der Waals surface area contributed by atoms with Gasteiger partial charge in [-0.2, -0.15) is 0 Å². The van der Waals surface area contributed by atoms with Crippen LogP contribution < -0.4 is 0 Å². The average molecular weight is 456 g/mol. The minimum atomic E-state index is -5.28. The summed E-state index contributed by atoms with van der Waals surface area (Å²) >= 11 is 0. The van der Waals surface area contributed by atoms with Gasteiger partial charge in [-0.05, 0) is 18.9 Å². The molecule has 1 aromatic carbocycles. The smallest absolute Gasteiger partial charge is 0.346 e. The van der Waals surface area contributed by atoms with Gasteiger partial charge in [-0.3, -0.25) is 4.57 Å². The normalized spacial score (nSPS) is 23.6. The molecule has 172 valence electrons. The van der Waals surface area contributed by atoms with Crippen molar-refractivity contribution < 1.29 is 60.2 Å². The van der Waals surface area contributed by atoms with Gasteiger partial charge < -0.3 is 55.6 Å². The molecule has 0 aliphatic carbocycles. The highest BCUT2D eigenvalue weighted by molar-refractivity contribution is 7.54. The Morgan fingerprint density at radius 3 is 1.83 bits per heavy atom. The van der Waals surface area contributed by atoms with Gasteiger partial charge in [-0.1, -0.05) is 35.0 Å². The molecule has 1 aliphatic rings. The quantitative estimate of drug-likeness (QED) is 0.141. The number of aliphatic hydroxyl groups is 10. The minimum absolute atomic E-state index is 0.166. The van der Waals surface area contributed by atoms with Gasteiger partial charge in [0.25, 0.3) is 0 Å². The zero-order chi connectivity index (χ0) is 23.2. The lowest BCUT2D eigenvalue weighted by atomic mass is 10.1. The van der Waals surface area contributed by atoms with E-state index in [1.165, 1.54) is 6.92 Å². The van der Waals surface area contributed by atoms with Gasteiger partial charge >= 0.3 is 31.4 Å². The standard InChI is InChI=1S/C15H25N2O12P/c1-10(11-6-3-2-4-7-11)16-8-5-9-29-30(16,28)17(12(18,19)14(22,23)24)13(20,21)15(25,26)27/h2-4,6-7,10,18-27H,5,8-9H2,1H3. The summed E-state index contributed by atoms with van der Waals surface area (Å²) in [6.07, 6.45) is 0.188. The molecule has 0 spiro atoms. The summed E-state index contributed by atoms with van der Waals surface area (Å²) in [5.41, 5.74) is 0.470. The van der Waals surface area contributed by atoms with Gasteiger partial charge in [0.2, 0.25) is 0 Å². The van der Waals surface area contributed by atoms with Crippen LogP contribution >= 0.6 is 7.67 Å². The van der Waals surface area contributed by atoms with Crippen LogP contribution in [0.25, 0.3) is 0 Å². The summed E-state index contributed by atoms with van der Waals surface area (Å²) in [4.78, 5) is 0. The van der Waals surface area contributed by atoms with Crippen molar-refractivity contribution in [3.8, 4) is 0 Å². The fourth-order valence-corrected chi connectivity index (χ4v) is 5.75. The van der Waals surface area contributed by atoms with E-state index in [-0.39, 0.29) is 13.0 Å². The third kappa shape index (κ3) is 4.29. The predicted octanol–water partition coefficient (Wildman–Crippen LogP) is -3.58. The summed E-state index contributed by atoms with van der Waals surface area (Å²) in [5.74, 6) is -18.7. The summed E-state index contributed by atoms with van der Waals surface area (Å²) in [7, 11) is -5.28. The largest absolute Gasteiger partial charge is 0.355 e. The highest BCUT2D eigenvalue weighted by Crippen LogP contribution is 2.64. The molecular weight excluding hydrogens is 431 g/mol. The van der Waals surface area contributed by atoms with E-state index in [4.69, 9.17) is 4.52 Å². The van der Waals surface area contributed by atoms with Gasteiger partial charge in [0.1, 0.15) is 0 Å². The van der Waals surface area contributed by atoms with Crippen LogP contribution in [0.3, 0.4) is 0 Å². The van der Waals surface area contributed by atoms with Crippen LogP contribution in [0, 0.1) is 0 Å². The lowest BCUT2D eigenvalue weighted by Crippen LogP contribution is -2.76. The van der Waals surface area contributed by atoms with Crippen molar-refractivity contribution in [3.63, 3.8) is 0 Å². The maximum atomic E-state index is 13.8. The Morgan fingerprint density at radius 1 is 0.933 bits per heavy atom. The number of rotatable bonds is 7. The number of hydrogen-bond acceptors (Lipinski definition) is 12. The van der Waals surface area contributed by atoms with Crippen LogP contribution in [0.4, 0.5) is 0 Å². The summed E-state index contributed by atoms with van der Waals surface area (Å²) in [6, 6.07) is 7.13. The lowest BCUT2D eigenvalue weighted by molar-refractivity contribution is -0.547. The Hall–Kier alpha value is -1.07. The zero-order valence-electron chi connectivity index (χ0n) is 15.7. The molecule has 30 heavy (non-hydrogen) atoms. The second-order valence-electron chi connectivity index (χ2n) is 6.78. The van der Waals surface area contributed by atoms with E-state index >= 15 is 0 Å². The molecule has 0 bridgehead atoms. The monoisotopic (exact) mass is 456 g/mol. The molecule has 14 nitrogen and oxygen atoms in total. The SMILES string of the molecule is CC(c1ccccc1)N1CCCOP1(=O)N(C(O)(O)C(O)(O)O)C(O)(O)C(O)(O)O. The van der Waals surface area contributed by atoms with Gasteiger partial charge in [-0.15, -0.1) is 0 Å². The Kier molecular flexibility index (Phi) is 6.82. The Bertz CT molecular complexity index is 750. The van der Waals surface area contributed by atoms with Crippen molar-refractivity contribution in [1.82, 2.24) is 9.34 Å². The van der Waals surface area contributed by atoms with Gasteiger partial charge in [-0.25, -0.2) is 4.67 Å². The Balaban J connectivity index is 2.71. The molecule has 2 atom stereocenters. The second-order valence-corrected chi connectivity index (χ2v) is 8.93. The first-order valence-electron chi connectivity index (χ1n) is 8.59. The molecule has 1 fully saturated rings. The van der Waals surface area contributed by atoms with Crippen LogP contribution in [-0.2, 0) is 9.09 Å². The predicted molar refractivity (Wildman–Crippen MR) is 94.7 cm³/mol. The molecule has 1 aliphatic heterocycles. The molecular formula is C15H25N2O12P. The third-order valence-electron chi connectivity index (χ3n) is 4.59. The van der Waals surface area contributed by atoms with Crippen molar-refractivity contribution in [2.45, 2.75) is 43.2 Å². The molecule has 1 saturated heterocycles. The number of benzene rings is 1. The van der Waals surface area contributed by atoms with E-state index in [2.05, 4.69) is 0 Å². The third-order valence-corrected chi connectivity index (χ3v) is 7.37. The highest BCUT2D eigenvalue weighted by atomic mass is 31.2. The first-order valence-corrected chi connectivity index (χ1v) is 10.1. The van der Waals surface area contributed by atoms with Crippen molar-refractivity contribution in [2.75, 3.05) is 13.2 Å². The maximum absolute atomic E-state index is 13.8. The van der Waals surface area contributed by atoms with Crippen LogP contribution in [0.5, 0.6) is 0 Å². The minimum Gasteiger partial charge on any atom is -0.346 e. The van der Waals surface area contributed by atoms with E-state index < -0.39 is 48.8 Å². The van der Waals surface area contributed by atoms with E-state index in [1.54, 1.807) is 30.3 Å². The molecule has 0 radical (unpaired) electrons. The van der Waals surface area contributed by atoms with Crippen LogP contribution in [-0.4, -0.2) is 97.3 Å². The molecule has 1 heterocycles. The van der Waals surface area contributed by atoms with Gasteiger partial charge in [0.05, 0.1) is 6.61 Å². The van der Waals surface area contributed by atoms with Crippen molar-refractivity contribution in [3.05, 3.63) is 35.9 Å². The average Bonchev–Trinajstić information content (AvgIpc) is 2.59. The van der Waals surface area contributed by atoms with E-state index in [1.807, 2.05) is 0 Å². The van der Waals surface area contributed by atoms with Gasteiger partial charge in [0, 0.05) is 12.6 Å². The summed E-state index contributed by atoms with van der Waals surface area (Å²) in [5, 5.41) is 96.4. The number of hydrogen-bond donors (Lipinski definition) is 10. The fraction of sp³-hybridized carbons (Fsp3) is 0.600. The molecule has 2 rings (SSSR count). The van der Waals surface area contributed by atoms with E-state index in [0.29, 0.717) is 5.56 Å². The number of nitrogens with zero attached hydrogens (tertiary/aromatic N) is 2. The van der Waals surface area contributed by atoms with Crippen LogP contribution in [0.1, 0.15) is 24.9 Å². The van der Waals surface area contributed by atoms with Crippen LogP contribution in [0.2, 0.25) is 0 Å². The molecule has 2 unspecified atom stereocenters. The highest BCUT2D eigenvalue weighted by Gasteiger charge is 2.72.